The number of carboxylic acids is 1. The minimum Gasteiger partial charge on any atom is -0.480 e. The average molecular weight is 402 g/mol. The van der Waals surface area contributed by atoms with Crippen molar-refractivity contribution in [1.29, 1.82) is 0 Å². The van der Waals surface area contributed by atoms with Crippen LogP contribution in [0.1, 0.15) is 32.3 Å². The highest BCUT2D eigenvalue weighted by molar-refractivity contribution is 6.30. The summed E-state index contributed by atoms with van der Waals surface area (Å²) in [7, 11) is 0. The molecule has 2 N–H and O–H groups in total. The van der Waals surface area contributed by atoms with Crippen LogP contribution in [0.15, 0.2) is 48.5 Å². The molecule has 0 heterocycles. The first-order valence-electron chi connectivity index (χ1n) is 9.16. The van der Waals surface area contributed by atoms with Gasteiger partial charge in [0.2, 0.25) is 5.91 Å². The van der Waals surface area contributed by atoms with Crippen LogP contribution in [0, 0.1) is 5.92 Å². The summed E-state index contributed by atoms with van der Waals surface area (Å²) in [4.78, 5) is 35.3. The molecule has 2 aromatic rings. The summed E-state index contributed by atoms with van der Waals surface area (Å²) in [6, 6.07) is 13.9. The van der Waals surface area contributed by atoms with Crippen molar-refractivity contribution >= 4 is 29.3 Å². The van der Waals surface area contributed by atoms with E-state index in [0.29, 0.717) is 5.02 Å². The number of aliphatic carboxylic acids is 1. The normalized spacial score (nSPS) is 11.9. The van der Waals surface area contributed by atoms with Gasteiger partial charge in [0.05, 0.1) is 6.42 Å². The van der Waals surface area contributed by atoms with Crippen LogP contribution in [0.25, 0.3) is 11.1 Å². The number of benzene rings is 2. The van der Waals surface area contributed by atoms with Crippen LogP contribution in [0.5, 0.6) is 0 Å². The third kappa shape index (κ3) is 6.50. The largest absolute Gasteiger partial charge is 0.480 e. The number of nitrogens with one attached hydrogen (secondary N) is 1. The fourth-order valence-corrected chi connectivity index (χ4v) is 2.85. The Balaban J connectivity index is 1.94. The standard InChI is InChI=1S/C22H24ClNO4/c1-14(2)20(25)12-11-19(22(27)28)24-21(26)13-15-3-5-16(6-4-15)17-7-9-18(23)10-8-17/h3-10,14,19H,11-13H2,1-2H3,(H,24,26)(H,27,28)/t19-/m0/s1. The van der Waals surface area contributed by atoms with Crippen molar-refractivity contribution in [3.05, 3.63) is 59.1 Å². The number of halogens is 1. The number of carbonyl (C=O) groups excluding carboxylic acids is 2. The molecule has 0 radical (unpaired) electrons. The first kappa shape index (κ1) is 21.6. The lowest BCUT2D eigenvalue weighted by atomic mass is 10.0. The SMILES string of the molecule is CC(C)C(=O)CC[C@H](NC(=O)Cc1ccc(-c2ccc(Cl)cc2)cc1)C(=O)O. The van der Waals surface area contributed by atoms with Gasteiger partial charge in [0.15, 0.2) is 0 Å². The van der Waals surface area contributed by atoms with Crippen molar-refractivity contribution in [3.63, 3.8) is 0 Å². The highest BCUT2D eigenvalue weighted by Gasteiger charge is 2.21. The summed E-state index contributed by atoms with van der Waals surface area (Å²) in [5.74, 6) is -1.69. The van der Waals surface area contributed by atoms with Gasteiger partial charge in [0, 0.05) is 17.4 Å². The fourth-order valence-electron chi connectivity index (χ4n) is 2.72. The molecule has 0 aliphatic carbocycles. The monoisotopic (exact) mass is 401 g/mol. The molecule has 0 saturated heterocycles. The van der Waals surface area contributed by atoms with Gasteiger partial charge in [0.1, 0.15) is 11.8 Å². The van der Waals surface area contributed by atoms with Crippen molar-refractivity contribution in [3.8, 4) is 11.1 Å². The van der Waals surface area contributed by atoms with Crippen LogP contribution in [-0.4, -0.2) is 28.8 Å². The van der Waals surface area contributed by atoms with Crippen LogP contribution in [0.2, 0.25) is 5.02 Å². The summed E-state index contributed by atoms with van der Waals surface area (Å²) in [6.07, 6.45) is 0.293. The van der Waals surface area contributed by atoms with Crippen LogP contribution in [0.4, 0.5) is 0 Å². The van der Waals surface area contributed by atoms with Crippen LogP contribution >= 0.6 is 11.6 Å². The van der Waals surface area contributed by atoms with Crippen molar-refractivity contribution < 1.29 is 19.5 Å². The average Bonchev–Trinajstić information content (AvgIpc) is 2.65. The Morgan fingerprint density at radius 1 is 0.964 bits per heavy atom. The minimum absolute atomic E-state index is 0.0155. The molecule has 1 amide bonds. The fraction of sp³-hybridized carbons (Fsp3) is 0.318. The highest BCUT2D eigenvalue weighted by atomic mass is 35.5. The Morgan fingerprint density at radius 3 is 2.00 bits per heavy atom. The minimum atomic E-state index is -1.14. The van der Waals surface area contributed by atoms with Gasteiger partial charge in [-0.05, 0) is 35.2 Å². The van der Waals surface area contributed by atoms with E-state index in [2.05, 4.69) is 5.32 Å². The van der Waals surface area contributed by atoms with Gasteiger partial charge in [-0.1, -0.05) is 61.8 Å². The number of hydrogen-bond acceptors (Lipinski definition) is 3. The Hall–Kier alpha value is -2.66. The predicted octanol–water partition coefficient (Wildman–Crippen LogP) is 4.12. The molecule has 0 bridgehead atoms. The molecule has 0 fully saturated rings. The Labute approximate surface area is 169 Å². The maximum atomic E-state index is 12.2. The number of rotatable bonds is 9. The summed E-state index contributed by atoms with van der Waals surface area (Å²) in [5, 5.41) is 12.5. The topological polar surface area (TPSA) is 83.5 Å². The van der Waals surface area contributed by atoms with Gasteiger partial charge in [0.25, 0.3) is 0 Å². The third-order valence-corrected chi connectivity index (χ3v) is 4.70. The van der Waals surface area contributed by atoms with Crippen LogP contribution < -0.4 is 5.32 Å². The molecule has 5 nitrogen and oxygen atoms in total. The molecule has 0 aliphatic rings. The Bertz CT molecular complexity index is 829. The molecule has 0 aromatic heterocycles. The van der Waals surface area contributed by atoms with E-state index in [1.54, 1.807) is 13.8 Å². The first-order valence-corrected chi connectivity index (χ1v) is 9.54. The van der Waals surface area contributed by atoms with Gasteiger partial charge < -0.3 is 10.4 Å². The number of ketones is 1. The zero-order valence-electron chi connectivity index (χ0n) is 15.9. The lowest BCUT2D eigenvalue weighted by Crippen LogP contribution is -2.41. The van der Waals surface area contributed by atoms with Gasteiger partial charge in [-0.2, -0.15) is 0 Å². The maximum absolute atomic E-state index is 12.2. The first-order chi connectivity index (χ1) is 13.3. The molecule has 2 aromatic carbocycles. The highest BCUT2D eigenvalue weighted by Crippen LogP contribution is 2.22. The van der Waals surface area contributed by atoms with E-state index in [9.17, 15) is 19.5 Å². The van der Waals surface area contributed by atoms with E-state index in [-0.39, 0.29) is 36.9 Å². The van der Waals surface area contributed by atoms with Gasteiger partial charge in [-0.15, -0.1) is 0 Å². The molecule has 0 aliphatic heterocycles. The molecule has 148 valence electrons. The molecule has 28 heavy (non-hydrogen) atoms. The van der Waals surface area contributed by atoms with E-state index in [1.807, 2.05) is 48.5 Å². The molecule has 2 rings (SSSR count). The van der Waals surface area contributed by atoms with Crippen molar-refractivity contribution in [2.45, 2.75) is 39.2 Å². The lowest BCUT2D eigenvalue weighted by Gasteiger charge is -2.15. The molecule has 0 unspecified atom stereocenters. The molecular formula is C22H24ClNO4. The van der Waals surface area contributed by atoms with Crippen LogP contribution in [0.3, 0.4) is 0 Å². The van der Waals surface area contributed by atoms with E-state index >= 15 is 0 Å². The number of amides is 1. The number of Topliss-reactive ketones (excluding diaryl/α,β-unsaturated/α-hetero) is 1. The smallest absolute Gasteiger partial charge is 0.326 e. The number of carboxylic acid groups (broad SMARTS) is 1. The number of carbonyl (C=O) groups is 3. The van der Waals surface area contributed by atoms with Gasteiger partial charge in [-0.25, -0.2) is 4.79 Å². The second-order valence-electron chi connectivity index (χ2n) is 7.00. The summed E-state index contributed by atoms with van der Waals surface area (Å²) >= 11 is 5.90. The second-order valence-corrected chi connectivity index (χ2v) is 7.44. The third-order valence-electron chi connectivity index (χ3n) is 4.45. The molecule has 6 heteroatoms. The second kappa shape index (κ2) is 10.0. The summed E-state index contributed by atoms with van der Waals surface area (Å²) in [6.45, 7) is 3.54. The van der Waals surface area contributed by atoms with Crippen LogP contribution in [-0.2, 0) is 20.8 Å². The Kier molecular flexibility index (Phi) is 7.76. The van der Waals surface area contributed by atoms with Crippen molar-refractivity contribution in [2.24, 2.45) is 5.92 Å². The summed E-state index contributed by atoms with van der Waals surface area (Å²) < 4.78 is 0. The lowest BCUT2D eigenvalue weighted by molar-refractivity contribution is -0.142. The molecule has 1 atom stereocenters. The zero-order chi connectivity index (χ0) is 20.7. The van der Waals surface area contributed by atoms with Crippen molar-refractivity contribution in [2.75, 3.05) is 0 Å². The molecular weight excluding hydrogens is 378 g/mol. The van der Waals surface area contributed by atoms with Gasteiger partial charge >= 0.3 is 5.97 Å². The van der Waals surface area contributed by atoms with E-state index in [1.165, 1.54) is 0 Å². The van der Waals surface area contributed by atoms with Gasteiger partial charge in [-0.3, -0.25) is 9.59 Å². The predicted molar refractivity (Wildman–Crippen MR) is 109 cm³/mol. The molecule has 0 spiro atoms. The van der Waals surface area contributed by atoms with E-state index < -0.39 is 12.0 Å². The van der Waals surface area contributed by atoms with E-state index in [4.69, 9.17) is 11.6 Å². The van der Waals surface area contributed by atoms with Crippen molar-refractivity contribution in [1.82, 2.24) is 5.32 Å². The molecule has 0 saturated carbocycles. The quantitative estimate of drug-likeness (QED) is 0.661. The zero-order valence-corrected chi connectivity index (χ0v) is 16.7. The number of hydrogen-bond donors (Lipinski definition) is 2. The summed E-state index contributed by atoms with van der Waals surface area (Å²) in [5.41, 5.74) is 2.79. The Morgan fingerprint density at radius 2 is 1.50 bits per heavy atom. The maximum Gasteiger partial charge on any atom is 0.326 e. The van der Waals surface area contributed by atoms with E-state index in [0.717, 1.165) is 16.7 Å².